The van der Waals surface area contributed by atoms with Crippen LogP contribution in [0.5, 0.6) is 0 Å². The van der Waals surface area contributed by atoms with E-state index in [0.717, 1.165) is 17.4 Å². The van der Waals surface area contributed by atoms with Gasteiger partial charge in [-0.3, -0.25) is 4.90 Å². The Hall–Kier alpha value is -0.370. The summed E-state index contributed by atoms with van der Waals surface area (Å²) in [6.07, 6.45) is 1.64. The SMILES string of the molecule is CCC(CC#N)N(C)Cc1cc(Br)cs1. The summed E-state index contributed by atoms with van der Waals surface area (Å²) < 4.78 is 1.14. The van der Waals surface area contributed by atoms with E-state index < -0.39 is 0 Å². The Bertz CT molecular complexity index is 343. The Morgan fingerprint density at radius 1 is 1.67 bits per heavy atom. The van der Waals surface area contributed by atoms with Crippen LogP contribution in [0, 0.1) is 11.3 Å². The van der Waals surface area contributed by atoms with E-state index in [9.17, 15) is 0 Å². The standard InChI is InChI=1S/C11H15BrN2S/c1-3-10(4-5-13)14(2)7-11-6-9(12)8-15-11/h6,8,10H,3-4,7H2,1-2H3. The lowest BCUT2D eigenvalue weighted by Gasteiger charge is -2.24. The minimum absolute atomic E-state index is 0.371. The van der Waals surface area contributed by atoms with Crippen molar-refractivity contribution in [1.29, 1.82) is 5.26 Å². The zero-order valence-electron chi connectivity index (χ0n) is 9.03. The summed E-state index contributed by atoms with van der Waals surface area (Å²) in [5.74, 6) is 0. The Balaban J connectivity index is 2.54. The Morgan fingerprint density at radius 3 is 2.87 bits per heavy atom. The number of hydrogen-bond acceptors (Lipinski definition) is 3. The van der Waals surface area contributed by atoms with Crippen molar-refractivity contribution >= 4 is 27.3 Å². The van der Waals surface area contributed by atoms with E-state index in [2.05, 4.69) is 52.3 Å². The normalized spacial score (nSPS) is 12.7. The van der Waals surface area contributed by atoms with Gasteiger partial charge >= 0.3 is 0 Å². The first-order valence-electron chi connectivity index (χ1n) is 4.97. The molecule has 4 heteroatoms. The van der Waals surface area contributed by atoms with Gasteiger partial charge in [0, 0.05) is 27.3 Å². The first kappa shape index (κ1) is 12.7. The molecule has 1 aromatic heterocycles. The van der Waals surface area contributed by atoms with Gasteiger partial charge in [-0.2, -0.15) is 5.26 Å². The van der Waals surface area contributed by atoms with Crippen molar-refractivity contribution in [3.8, 4) is 6.07 Å². The maximum absolute atomic E-state index is 8.71. The summed E-state index contributed by atoms with van der Waals surface area (Å²) in [7, 11) is 2.08. The highest BCUT2D eigenvalue weighted by Gasteiger charge is 2.13. The highest BCUT2D eigenvalue weighted by Crippen LogP contribution is 2.22. The van der Waals surface area contributed by atoms with Gasteiger partial charge in [0.25, 0.3) is 0 Å². The van der Waals surface area contributed by atoms with Crippen LogP contribution in [-0.2, 0) is 6.54 Å². The first-order chi connectivity index (χ1) is 7.17. The van der Waals surface area contributed by atoms with Gasteiger partial charge in [0.15, 0.2) is 0 Å². The predicted molar refractivity (Wildman–Crippen MR) is 67.8 cm³/mol. The zero-order valence-corrected chi connectivity index (χ0v) is 11.4. The van der Waals surface area contributed by atoms with Gasteiger partial charge in [-0.25, -0.2) is 0 Å². The van der Waals surface area contributed by atoms with Gasteiger partial charge in [0.1, 0.15) is 0 Å². The molecule has 0 fully saturated rings. The fourth-order valence-corrected chi connectivity index (χ4v) is 3.04. The Kier molecular flexibility index (Phi) is 5.30. The molecule has 1 heterocycles. The van der Waals surface area contributed by atoms with E-state index in [0.29, 0.717) is 12.5 Å². The lowest BCUT2D eigenvalue weighted by Crippen LogP contribution is -2.29. The summed E-state index contributed by atoms with van der Waals surface area (Å²) in [5, 5.41) is 10.8. The molecule has 1 atom stereocenters. The third kappa shape index (κ3) is 3.94. The molecule has 0 bridgehead atoms. The smallest absolute Gasteiger partial charge is 0.0638 e. The lowest BCUT2D eigenvalue weighted by molar-refractivity contribution is 0.232. The molecule has 0 N–H and O–H groups in total. The summed E-state index contributed by atoms with van der Waals surface area (Å²) >= 11 is 5.20. The van der Waals surface area contributed by atoms with E-state index in [-0.39, 0.29) is 0 Å². The number of nitrogens with zero attached hydrogens (tertiary/aromatic N) is 2. The molecule has 0 aromatic carbocycles. The molecular weight excluding hydrogens is 272 g/mol. The van der Waals surface area contributed by atoms with Gasteiger partial charge in [-0.05, 0) is 35.5 Å². The molecule has 1 aromatic rings. The molecule has 0 spiro atoms. The van der Waals surface area contributed by atoms with Crippen LogP contribution < -0.4 is 0 Å². The maximum atomic E-state index is 8.71. The minimum Gasteiger partial charge on any atom is -0.297 e. The van der Waals surface area contributed by atoms with Crippen molar-refractivity contribution < 1.29 is 0 Å². The van der Waals surface area contributed by atoms with Crippen LogP contribution in [0.15, 0.2) is 15.9 Å². The monoisotopic (exact) mass is 286 g/mol. The second-order valence-corrected chi connectivity index (χ2v) is 5.48. The van der Waals surface area contributed by atoms with Crippen LogP contribution in [0.2, 0.25) is 0 Å². The number of thiophene rings is 1. The molecule has 82 valence electrons. The molecule has 0 aliphatic heterocycles. The van der Waals surface area contributed by atoms with Crippen molar-refractivity contribution in [2.45, 2.75) is 32.4 Å². The van der Waals surface area contributed by atoms with Crippen LogP contribution in [0.3, 0.4) is 0 Å². The molecule has 0 aliphatic carbocycles. The average Bonchev–Trinajstić information content (AvgIpc) is 2.60. The third-order valence-electron chi connectivity index (χ3n) is 2.45. The van der Waals surface area contributed by atoms with Crippen LogP contribution in [0.25, 0.3) is 0 Å². The van der Waals surface area contributed by atoms with Gasteiger partial charge < -0.3 is 0 Å². The average molecular weight is 287 g/mol. The van der Waals surface area contributed by atoms with E-state index in [1.807, 2.05) is 0 Å². The molecule has 0 aliphatic rings. The van der Waals surface area contributed by atoms with Crippen LogP contribution >= 0.6 is 27.3 Å². The van der Waals surface area contributed by atoms with Crippen molar-refractivity contribution in [3.63, 3.8) is 0 Å². The fourth-order valence-electron chi connectivity index (χ4n) is 1.53. The molecule has 15 heavy (non-hydrogen) atoms. The van der Waals surface area contributed by atoms with Crippen molar-refractivity contribution in [3.05, 3.63) is 20.8 Å². The van der Waals surface area contributed by atoms with E-state index in [4.69, 9.17) is 5.26 Å². The number of rotatable bonds is 5. The molecule has 0 radical (unpaired) electrons. The van der Waals surface area contributed by atoms with E-state index in [1.54, 1.807) is 11.3 Å². The molecule has 0 saturated heterocycles. The second-order valence-electron chi connectivity index (χ2n) is 3.57. The van der Waals surface area contributed by atoms with Gasteiger partial charge in [0.2, 0.25) is 0 Å². The topological polar surface area (TPSA) is 27.0 Å². The molecule has 1 unspecified atom stereocenters. The van der Waals surface area contributed by atoms with Crippen LogP contribution in [0.1, 0.15) is 24.6 Å². The third-order valence-corrected chi connectivity index (χ3v) is 4.13. The summed E-state index contributed by atoms with van der Waals surface area (Å²) in [6.45, 7) is 3.05. The van der Waals surface area contributed by atoms with Gasteiger partial charge in [-0.15, -0.1) is 11.3 Å². The minimum atomic E-state index is 0.371. The van der Waals surface area contributed by atoms with Gasteiger partial charge in [0.05, 0.1) is 12.5 Å². The fraction of sp³-hybridized carbons (Fsp3) is 0.545. The number of hydrogen-bond donors (Lipinski definition) is 0. The predicted octanol–water partition coefficient (Wildman–Crippen LogP) is 3.63. The van der Waals surface area contributed by atoms with Crippen molar-refractivity contribution in [2.75, 3.05) is 7.05 Å². The summed E-state index contributed by atoms with van der Waals surface area (Å²) in [6, 6.07) is 4.75. The summed E-state index contributed by atoms with van der Waals surface area (Å²) in [4.78, 5) is 3.59. The molecule has 1 rings (SSSR count). The zero-order chi connectivity index (χ0) is 11.3. The largest absolute Gasteiger partial charge is 0.297 e. The van der Waals surface area contributed by atoms with E-state index in [1.165, 1.54) is 4.88 Å². The molecular formula is C11H15BrN2S. The lowest BCUT2D eigenvalue weighted by atomic mass is 10.1. The van der Waals surface area contributed by atoms with Crippen LogP contribution in [0.4, 0.5) is 0 Å². The molecule has 2 nitrogen and oxygen atoms in total. The van der Waals surface area contributed by atoms with E-state index >= 15 is 0 Å². The highest BCUT2D eigenvalue weighted by molar-refractivity contribution is 9.10. The molecule has 0 amide bonds. The van der Waals surface area contributed by atoms with Crippen molar-refractivity contribution in [2.24, 2.45) is 0 Å². The highest BCUT2D eigenvalue weighted by atomic mass is 79.9. The van der Waals surface area contributed by atoms with Gasteiger partial charge in [-0.1, -0.05) is 6.92 Å². The first-order valence-corrected chi connectivity index (χ1v) is 6.64. The van der Waals surface area contributed by atoms with Crippen molar-refractivity contribution in [1.82, 2.24) is 4.90 Å². The second kappa shape index (κ2) is 6.26. The van der Waals surface area contributed by atoms with Crippen LogP contribution in [-0.4, -0.2) is 18.0 Å². The Morgan fingerprint density at radius 2 is 2.40 bits per heavy atom. The quantitative estimate of drug-likeness (QED) is 0.826. The summed E-state index contributed by atoms with van der Waals surface area (Å²) in [5.41, 5.74) is 0. The maximum Gasteiger partial charge on any atom is 0.0638 e. The number of nitriles is 1. The Labute approximate surface area is 104 Å². The molecule has 0 saturated carbocycles. The number of halogens is 1.